The van der Waals surface area contributed by atoms with Crippen LogP contribution in [0.5, 0.6) is 5.75 Å². The van der Waals surface area contributed by atoms with Crippen LogP contribution in [-0.2, 0) is 10.8 Å². The van der Waals surface area contributed by atoms with E-state index in [-0.39, 0.29) is 15.9 Å². The highest BCUT2D eigenvalue weighted by Gasteiger charge is 2.27. The lowest BCUT2D eigenvalue weighted by molar-refractivity contribution is 0.108. The molecular weight excluding hydrogens is 316 g/mol. The van der Waals surface area contributed by atoms with Gasteiger partial charge < -0.3 is 5.11 Å². The van der Waals surface area contributed by atoms with Crippen LogP contribution in [0.2, 0.25) is 0 Å². The quantitative estimate of drug-likeness (QED) is 0.717. The first-order valence-electron chi connectivity index (χ1n) is 8.49. The minimum Gasteiger partial charge on any atom is -0.507 e. The number of carbonyl (C=O) groups excluding carboxylic acids is 1. The van der Waals surface area contributed by atoms with Crippen molar-refractivity contribution < 1.29 is 9.90 Å². The minimum atomic E-state index is -0.230. The number of rotatable bonds is 3. The molecule has 2 nitrogen and oxygen atoms in total. The molecule has 3 heteroatoms. The molecule has 1 rings (SSSR count). The second-order valence-electron chi connectivity index (χ2n) is 8.10. The van der Waals surface area contributed by atoms with E-state index in [9.17, 15) is 9.90 Å². The fourth-order valence-corrected chi connectivity index (χ4v) is 2.93. The summed E-state index contributed by atoms with van der Waals surface area (Å²) in [4.78, 5) is 12.6. The highest BCUT2D eigenvalue weighted by Crippen LogP contribution is 2.40. The molecule has 132 valence electrons. The van der Waals surface area contributed by atoms with Crippen LogP contribution in [0.1, 0.15) is 82.8 Å². The van der Waals surface area contributed by atoms with Gasteiger partial charge in [0.1, 0.15) is 5.75 Å². The molecule has 1 aromatic carbocycles. The van der Waals surface area contributed by atoms with E-state index in [1.807, 2.05) is 53.7 Å². The highest BCUT2D eigenvalue weighted by molar-refractivity contribution is 8.14. The zero-order chi connectivity index (χ0) is 18.5. The maximum atomic E-state index is 12.6. The molecule has 0 radical (unpaired) electrons. The smallest absolute Gasteiger partial charge is 0.220 e. The molecule has 0 atom stereocenters. The Hall–Kier alpha value is -1.40. The molecule has 0 fully saturated rings. The number of unbranched alkanes of at least 4 members (excludes halogenated alkanes) is 1. The highest BCUT2D eigenvalue weighted by atomic mass is 32.2. The molecular formula is C21H30O2S. The van der Waals surface area contributed by atoms with Crippen molar-refractivity contribution >= 4 is 16.9 Å². The molecule has 24 heavy (non-hydrogen) atoms. The van der Waals surface area contributed by atoms with E-state index in [1.165, 1.54) is 11.8 Å². The largest absolute Gasteiger partial charge is 0.507 e. The Bertz CT molecular complexity index is 614. The van der Waals surface area contributed by atoms with Gasteiger partial charge in [0.25, 0.3) is 0 Å². The van der Waals surface area contributed by atoms with Gasteiger partial charge in [0.05, 0.1) is 5.75 Å². The van der Waals surface area contributed by atoms with Crippen molar-refractivity contribution in [1.82, 2.24) is 0 Å². The monoisotopic (exact) mass is 346 g/mol. The Kier molecular flexibility index (Phi) is 6.98. The second kappa shape index (κ2) is 8.12. The number of benzene rings is 1. The summed E-state index contributed by atoms with van der Waals surface area (Å²) >= 11 is 1.23. The zero-order valence-electron chi connectivity index (χ0n) is 16.0. The lowest BCUT2D eigenvalue weighted by Crippen LogP contribution is -2.18. The topological polar surface area (TPSA) is 37.3 Å². The van der Waals surface area contributed by atoms with Gasteiger partial charge in [0.15, 0.2) is 0 Å². The summed E-state index contributed by atoms with van der Waals surface area (Å²) in [5, 5.41) is 10.7. The van der Waals surface area contributed by atoms with Gasteiger partial charge in [-0.2, -0.15) is 0 Å². The Morgan fingerprint density at radius 2 is 1.54 bits per heavy atom. The van der Waals surface area contributed by atoms with Crippen molar-refractivity contribution in [3.63, 3.8) is 0 Å². The van der Waals surface area contributed by atoms with Crippen molar-refractivity contribution in [2.45, 2.75) is 72.1 Å². The Morgan fingerprint density at radius 1 is 1.04 bits per heavy atom. The number of phenols is 1. The molecule has 1 aromatic rings. The number of carbonyl (C=O) groups is 1. The van der Waals surface area contributed by atoms with Gasteiger partial charge in [-0.3, -0.25) is 4.79 Å². The van der Waals surface area contributed by atoms with Crippen LogP contribution in [0.15, 0.2) is 12.1 Å². The van der Waals surface area contributed by atoms with Crippen molar-refractivity contribution in [2.75, 3.05) is 5.75 Å². The first-order valence-corrected chi connectivity index (χ1v) is 9.48. The van der Waals surface area contributed by atoms with Gasteiger partial charge in [-0.15, -0.1) is 5.92 Å². The van der Waals surface area contributed by atoms with Crippen molar-refractivity contribution in [3.8, 4) is 17.6 Å². The normalized spacial score (nSPS) is 11.8. The summed E-state index contributed by atoms with van der Waals surface area (Å²) in [7, 11) is 0. The predicted molar refractivity (Wildman–Crippen MR) is 105 cm³/mol. The molecule has 0 unspecified atom stereocenters. The number of thioether (sulfide) groups is 1. The van der Waals surface area contributed by atoms with Crippen molar-refractivity contribution in [2.24, 2.45) is 0 Å². The maximum absolute atomic E-state index is 12.6. The molecule has 0 bridgehead atoms. The van der Waals surface area contributed by atoms with Crippen LogP contribution in [0, 0.1) is 11.8 Å². The van der Waals surface area contributed by atoms with Gasteiger partial charge in [0.2, 0.25) is 5.12 Å². The first kappa shape index (κ1) is 20.6. The predicted octanol–water partition coefficient (Wildman–Crippen LogP) is 5.66. The maximum Gasteiger partial charge on any atom is 0.220 e. The van der Waals surface area contributed by atoms with E-state index in [0.717, 1.165) is 24.0 Å². The molecule has 1 N–H and O–H groups in total. The van der Waals surface area contributed by atoms with Gasteiger partial charge in [-0.25, -0.2) is 0 Å². The summed E-state index contributed by atoms with van der Waals surface area (Å²) in [6.45, 7) is 14.4. The fourth-order valence-electron chi connectivity index (χ4n) is 2.35. The molecule has 0 amide bonds. The van der Waals surface area contributed by atoms with Crippen LogP contribution in [-0.4, -0.2) is 16.0 Å². The first-order chi connectivity index (χ1) is 11.0. The third kappa shape index (κ3) is 5.60. The number of hydrogen-bond acceptors (Lipinski definition) is 3. The lowest BCUT2D eigenvalue weighted by Gasteiger charge is -2.28. The van der Waals surface area contributed by atoms with Crippen molar-refractivity contribution in [3.05, 3.63) is 28.8 Å². The van der Waals surface area contributed by atoms with E-state index in [2.05, 4.69) is 18.8 Å². The average Bonchev–Trinajstić information content (AvgIpc) is 2.44. The van der Waals surface area contributed by atoms with Gasteiger partial charge in [0, 0.05) is 23.1 Å². The second-order valence-corrected chi connectivity index (χ2v) is 9.05. The third-order valence-corrected chi connectivity index (χ3v) is 4.52. The van der Waals surface area contributed by atoms with E-state index < -0.39 is 0 Å². The minimum absolute atomic E-state index is 0.0109. The summed E-state index contributed by atoms with van der Waals surface area (Å²) < 4.78 is 0. The van der Waals surface area contributed by atoms with Gasteiger partial charge >= 0.3 is 0 Å². The standard InChI is InChI=1S/C21H30O2S/c1-8-9-10-11-12-24-19(23)15-13-16(20(2,3)4)18(22)17(14-15)21(5,6)7/h13-14,22H,8-9,12H2,1-7H3. The van der Waals surface area contributed by atoms with Gasteiger partial charge in [-0.1, -0.05) is 66.1 Å². The fraction of sp³-hybridized carbons (Fsp3) is 0.571. The summed E-state index contributed by atoms with van der Waals surface area (Å²) in [5.41, 5.74) is 1.81. The number of hydrogen-bond donors (Lipinski definition) is 1. The SMILES string of the molecule is CCCC#CCSC(=O)c1cc(C(C)(C)C)c(O)c(C(C)(C)C)c1. The van der Waals surface area contributed by atoms with E-state index in [0.29, 0.717) is 17.1 Å². The van der Waals surface area contributed by atoms with E-state index in [4.69, 9.17) is 0 Å². The molecule has 0 aliphatic carbocycles. The number of phenolic OH excluding ortho intramolecular Hbond substituents is 1. The Balaban J connectivity index is 3.20. The van der Waals surface area contributed by atoms with Gasteiger partial charge in [-0.05, 0) is 29.4 Å². The van der Waals surface area contributed by atoms with Crippen LogP contribution in [0.4, 0.5) is 0 Å². The van der Waals surface area contributed by atoms with Crippen LogP contribution >= 0.6 is 11.8 Å². The summed E-state index contributed by atoms with van der Waals surface area (Å²) in [5.74, 6) is 6.90. The van der Waals surface area contributed by atoms with E-state index in [1.54, 1.807) is 0 Å². The Labute approximate surface area is 151 Å². The molecule has 0 heterocycles. The molecule has 0 aliphatic rings. The van der Waals surface area contributed by atoms with Crippen LogP contribution < -0.4 is 0 Å². The summed E-state index contributed by atoms with van der Waals surface area (Å²) in [6.07, 6.45) is 1.91. The molecule has 0 saturated heterocycles. The zero-order valence-corrected chi connectivity index (χ0v) is 16.9. The van der Waals surface area contributed by atoms with Crippen LogP contribution in [0.25, 0.3) is 0 Å². The third-order valence-electron chi connectivity index (χ3n) is 3.74. The molecule has 0 spiro atoms. The Morgan fingerprint density at radius 3 is 1.96 bits per heavy atom. The molecule has 0 aromatic heterocycles. The lowest BCUT2D eigenvalue weighted by atomic mass is 9.78. The average molecular weight is 347 g/mol. The molecule has 0 aliphatic heterocycles. The molecule has 0 saturated carbocycles. The number of aromatic hydroxyl groups is 1. The van der Waals surface area contributed by atoms with E-state index >= 15 is 0 Å². The van der Waals surface area contributed by atoms with Crippen LogP contribution in [0.3, 0.4) is 0 Å². The summed E-state index contributed by atoms with van der Waals surface area (Å²) in [6, 6.07) is 3.67. The van der Waals surface area contributed by atoms with Crippen molar-refractivity contribution in [1.29, 1.82) is 0 Å².